The molecule has 96 valence electrons. The zero-order chi connectivity index (χ0) is 13.0. The van der Waals surface area contributed by atoms with Gasteiger partial charge >= 0.3 is 0 Å². The van der Waals surface area contributed by atoms with Gasteiger partial charge in [0.2, 0.25) is 0 Å². The summed E-state index contributed by atoms with van der Waals surface area (Å²) < 4.78 is 1.80. The van der Waals surface area contributed by atoms with Crippen molar-refractivity contribution < 1.29 is 0 Å². The third-order valence-electron chi connectivity index (χ3n) is 2.80. The average Bonchev–Trinajstić information content (AvgIpc) is 2.75. The minimum absolute atomic E-state index is 0.232. The van der Waals surface area contributed by atoms with Crippen molar-refractivity contribution >= 4 is 5.69 Å². The standard InChI is InChI=1S/C14H20N4/c1-11(2)8-14(13-6-4-5-7-15-13)17-12-9-16-18(3)10-12/h4-7,9-11,14,17H,8H2,1-3H3/t14-/m1/s1. The Morgan fingerprint density at radius 3 is 2.72 bits per heavy atom. The van der Waals surface area contributed by atoms with E-state index >= 15 is 0 Å². The van der Waals surface area contributed by atoms with Crippen molar-refractivity contribution in [2.45, 2.75) is 26.3 Å². The molecule has 0 aromatic carbocycles. The highest BCUT2D eigenvalue weighted by molar-refractivity contribution is 5.40. The maximum atomic E-state index is 4.45. The molecule has 0 fully saturated rings. The number of nitrogens with one attached hydrogen (secondary N) is 1. The van der Waals surface area contributed by atoms with Gasteiger partial charge in [-0.25, -0.2) is 0 Å². The van der Waals surface area contributed by atoms with Gasteiger partial charge in [-0.05, 0) is 24.5 Å². The lowest BCUT2D eigenvalue weighted by Crippen LogP contribution is -2.14. The SMILES string of the molecule is CC(C)C[C@@H](Nc1cnn(C)c1)c1ccccn1. The summed E-state index contributed by atoms with van der Waals surface area (Å²) in [6, 6.07) is 6.27. The fraction of sp³-hybridized carbons (Fsp3) is 0.429. The lowest BCUT2D eigenvalue weighted by atomic mass is 10.0. The first-order valence-electron chi connectivity index (χ1n) is 6.31. The van der Waals surface area contributed by atoms with E-state index in [4.69, 9.17) is 0 Å². The molecule has 2 rings (SSSR count). The summed E-state index contributed by atoms with van der Waals surface area (Å²) in [5, 5.41) is 7.68. The second kappa shape index (κ2) is 5.67. The summed E-state index contributed by atoms with van der Waals surface area (Å²) in [6.07, 6.45) is 6.71. The van der Waals surface area contributed by atoms with E-state index in [1.807, 2.05) is 37.8 Å². The highest BCUT2D eigenvalue weighted by Crippen LogP contribution is 2.24. The normalized spacial score (nSPS) is 12.7. The second-order valence-corrected chi connectivity index (χ2v) is 4.98. The van der Waals surface area contributed by atoms with Crippen LogP contribution < -0.4 is 5.32 Å². The summed E-state index contributed by atoms with van der Waals surface area (Å²) in [6.45, 7) is 4.45. The van der Waals surface area contributed by atoms with Crippen molar-refractivity contribution in [2.24, 2.45) is 13.0 Å². The number of aryl methyl sites for hydroxylation is 1. The summed E-state index contributed by atoms with van der Waals surface area (Å²) in [5.74, 6) is 0.612. The van der Waals surface area contributed by atoms with E-state index in [9.17, 15) is 0 Å². The molecule has 0 aliphatic heterocycles. The Bertz CT molecular complexity index is 476. The summed E-state index contributed by atoms with van der Waals surface area (Å²) >= 11 is 0. The number of anilines is 1. The van der Waals surface area contributed by atoms with E-state index in [0.29, 0.717) is 5.92 Å². The summed E-state index contributed by atoms with van der Waals surface area (Å²) in [4.78, 5) is 4.45. The van der Waals surface area contributed by atoms with Crippen LogP contribution in [0.4, 0.5) is 5.69 Å². The molecule has 0 bridgehead atoms. The van der Waals surface area contributed by atoms with E-state index in [1.54, 1.807) is 4.68 Å². The van der Waals surface area contributed by atoms with Gasteiger partial charge in [-0.1, -0.05) is 19.9 Å². The van der Waals surface area contributed by atoms with Crippen molar-refractivity contribution in [3.8, 4) is 0 Å². The van der Waals surface area contributed by atoms with Gasteiger partial charge in [0.25, 0.3) is 0 Å². The molecule has 2 aromatic heterocycles. The van der Waals surface area contributed by atoms with Gasteiger partial charge in [0.05, 0.1) is 23.6 Å². The molecule has 1 atom stereocenters. The molecule has 2 heterocycles. The largest absolute Gasteiger partial charge is 0.374 e. The van der Waals surface area contributed by atoms with Crippen LogP contribution in [0.3, 0.4) is 0 Å². The molecule has 0 aliphatic rings. The predicted octanol–water partition coefficient (Wildman–Crippen LogP) is 3.01. The molecule has 0 saturated heterocycles. The first-order valence-corrected chi connectivity index (χ1v) is 6.31. The van der Waals surface area contributed by atoms with E-state index < -0.39 is 0 Å². The van der Waals surface area contributed by atoms with Crippen molar-refractivity contribution in [1.82, 2.24) is 14.8 Å². The minimum atomic E-state index is 0.232. The molecule has 0 aliphatic carbocycles. The molecule has 18 heavy (non-hydrogen) atoms. The maximum Gasteiger partial charge on any atom is 0.0731 e. The summed E-state index contributed by atoms with van der Waals surface area (Å²) in [7, 11) is 1.92. The molecule has 4 heteroatoms. The number of rotatable bonds is 5. The predicted molar refractivity (Wildman–Crippen MR) is 73.3 cm³/mol. The van der Waals surface area contributed by atoms with Crippen LogP contribution in [0.5, 0.6) is 0 Å². The Kier molecular flexibility index (Phi) is 3.97. The monoisotopic (exact) mass is 244 g/mol. The van der Waals surface area contributed by atoms with Crippen molar-refractivity contribution in [3.63, 3.8) is 0 Å². The third kappa shape index (κ3) is 3.32. The van der Waals surface area contributed by atoms with Crippen molar-refractivity contribution in [2.75, 3.05) is 5.32 Å². The molecule has 1 N–H and O–H groups in total. The first-order chi connectivity index (χ1) is 8.65. The van der Waals surface area contributed by atoms with Gasteiger partial charge in [-0.15, -0.1) is 0 Å². The highest BCUT2D eigenvalue weighted by atomic mass is 15.3. The first kappa shape index (κ1) is 12.6. The maximum absolute atomic E-state index is 4.45. The summed E-state index contributed by atoms with van der Waals surface area (Å²) in [5.41, 5.74) is 2.11. The molecule has 0 amide bonds. The van der Waals surface area contributed by atoms with Crippen LogP contribution in [0, 0.1) is 5.92 Å². The fourth-order valence-electron chi connectivity index (χ4n) is 2.00. The van der Waals surface area contributed by atoms with Crippen molar-refractivity contribution in [1.29, 1.82) is 0 Å². The zero-order valence-corrected chi connectivity index (χ0v) is 11.2. The molecule has 2 aromatic rings. The zero-order valence-electron chi connectivity index (χ0n) is 11.2. The average molecular weight is 244 g/mol. The van der Waals surface area contributed by atoms with E-state index in [-0.39, 0.29) is 6.04 Å². The molecule has 0 radical (unpaired) electrons. The molecule has 4 nitrogen and oxygen atoms in total. The Balaban J connectivity index is 2.15. The van der Waals surface area contributed by atoms with Gasteiger partial charge in [-0.3, -0.25) is 9.67 Å². The topological polar surface area (TPSA) is 42.7 Å². The van der Waals surface area contributed by atoms with Crippen molar-refractivity contribution in [3.05, 3.63) is 42.5 Å². The minimum Gasteiger partial charge on any atom is -0.374 e. The highest BCUT2D eigenvalue weighted by Gasteiger charge is 2.14. The van der Waals surface area contributed by atoms with E-state index in [0.717, 1.165) is 17.8 Å². The lowest BCUT2D eigenvalue weighted by Gasteiger charge is -2.20. The lowest BCUT2D eigenvalue weighted by molar-refractivity contribution is 0.524. The molecular formula is C14H20N4. The van der Waals surface area contributed by atoms with Crippen LogP contribution in [0.25, 0.3) is 0 Å². The van der Waals surface area contributed by atoms with Crippen LogP contribution in [0.1, 0.15) is 32.0 Å². The van der Waals surface area contributed by atoms with Gasteiger partial charge in [0, 0.05) is 19.4 Å². The Labute approximate surface area is 108 Å². The number of aromatic nitrogens is 3. The molecular weight excluding hydrogens is 224 g/mol. The molecule has 0 unspecified atom stereocenters. The Hall–Kier alpha value is -1.84. The van der Waals surface area contributed by atoms with Gasteiger partial charge in [0.15, 0.2) is 0 Å². The second-order valence-electron chi connectivity index (χ2n) is 4.98. The Morgan fingerprint density at radius 2 is 2.17 bits per heavy atom. The molecule has 0 saturated carbocycles. The fourth-order valence-corrected chi connectivity index (χ4v) is 2.00. The Morgan fingerprint density at radius 1 is 1.33 bits per heavy atom. The van der Waals surface area contributed by atoms with Crippen LogP contribution in [-0.4, -0.2) is 14.8 Å². The van der Waals surface area contributed by atoms with Crippen LogP contribution in [-0.2, 0) is 7.05 Å². The van der Waals surface area contributed by atoms with Crippen LogP contribution >= 0.6 is 0 Å². The number of hydrogen-bond donors (Lipinski definition) is 1. The van der Waals surface area contributed by atoms with Crippen LogP contribution in [0.2, 0.25) is 0 Å². The smallest absolute Gasteiger partial charge is 0.0731 e. The van der Waals surface area contributed by atoms with E-state index in [2.05, 4.69) is 35.3 Å². The number of pyridine rings is 1. The third-order valence-corrected chi connectivity index (χ3v) is 2.80. The number of nitrogens with zero attached hydrogens (tertiary/aromatic N) is 3. The van der Waals surface area contributed by atoms with Crippen LogP contribution in [0.15, 0.2) is 36.8 Å². The quantitative estimate of drug-likeness (QED) is 0.879. The van der Waals surface area contributed by atoms with Gasteiger partial charge in [0.1, 0.15) is 0 Å². The van der Waals surface area contributed by atoms with Gasteiger partial charge < -0.3 is 5.32 Å². The van der Waals surface area contributed by atoms with Gasteiger partial charge in [-0.2, -0.15) is 5.10 Å². The van der Waals surface area contributed by atoms with E-state index in [1.165, 1.54) is 0 Å². The molecule has 0 spiro atoms. The number of hydrogen-bond acceptors (Lipinski definition) is 3.